The predicted molar refractivity (Wildman–Crippen MR) is 71.0 cm³/mol. The minimum Gasteiger partial charge on any atom is -0.389 e. The number of piperidine rings is 1. The highest BCUT2D eigenvalue weighted by molar-refractivity contribution is 5.22. The molecule has 0 aromatic heterocycles. The maximum Gasteiger partial charge on any atom is 0.0746 e. The lowest BCUT2D eigenvalue weighted by atomic mass is 9.95. The minimum absolute atomic E-state index is 0.498. The second-order valence-electron chi connectivity index (χ2n) is 5.48. The van der Waals surface area contributed by atoms with Crippen LogP contribution in [-0.2, 0) is 13.0 Å². The Morgan fingerprint density at radius 3 is 2.47 bits per heavy atom. The van der Waals surface area contributed by atoms with E-state index in [0.29, 0.717) is 0 Å². The summed E-state index contributed by atoms with van der Waals surface area (Å²) in [5.41, 5.74) is 2.24. The Balaban J connectivity index is 1.95. The summed E-state index contributed by atoms with van der Waals surface area (Å²) in [6.07, 6.45) is 3.12. The van der Waals surface area contributed by atoms with Crippen LogP contribution in [0.1, 0.15) is 37.8 Å². The van der Waals surface area contributed by atoms with Crippen LogP contribution in [-0.4, -0.2) is 28.7 Å². The summed E-state index contributed by atoms with van der Waals surface area (Å²) >= 11 is 0. The summed E-state index contributed by atoms with van der Waals surface area (Å²) in [4.78, 5) is 2.35. The molecule has 17 heavy (non-hydrogen) atoms. The van der Waals surface area contributed by atoms with Crippen LogP contribution >= 0.6 is 0 Å². The SMILES string of the molecule is CCc1ccc(CN2CCCC(C)(O)C2)cc1. The molecule has 0 saturated carbocycles. The van der Waals surface area contributed by atoms with Crippen molar-refractivity contribution in [1.29, 1.82) is 0 Å². The number of aliphatic hydroxyl groups is 1. The van der Waals surface area contributed by atoms with Gasteiger partial charge in [-0.2, -0.15) is 0 Å². The lowest BCUT2D eigenvalue weighted by Gasteiger charge is -2.36. The normalized spacial score (nSPS) is 26.1. The first kappa shape index (κ1) is 12.6. The van der Waals surface area contributed by atoms with E-state index in [1.54, 1.807) is 0 Å². The van der Waals surface area contributed by atoms with Gasteiger partial charge in [0, 0.05) is 13.1 Å². The van der Waals surface area contributed by atoms with E-state index in [1.807, 2.05) is 6.92 Å². The molecule has 1 heterocycles. The van der Waals surface area contributed by atoms with Crippen molar-refractivity contribution in [1.82, 2.24) is 4.90 Å². The first-order valence-electron chi connectivity index (χ1n) is 6.61. The van der Waals surface area contributed by atoms with Gasteiger partial charge in [0.25, 0.3) is 0 Å². The third-order valence-corrected chi connectivity index (χ3v) is 3.59. The molecule has 2 heteroatoms. The van der Waals surface area contributed by atoms with E-state index in [4.69, 9.17) is 0 Å². The van der Waals surface area contributed by atoms with Crippen LogP contribution in [0.25, 0.3) is 0 Å². The number of β-amino-alcohol motifs (C(OH)–C–C–N with tert-alkyl or cyclic N) is 1. The average Bonchev–Trinajstić information content (AvgIpc) is 2.29. The summed E-state index contributed by atoms with van der Waals surface area (Å²) in [7, 11) is 0. The van der Waals surface area contributed by atoms with Crippen molar-refractivity contribution in [2.24, 2.45) is 0 Å². The molecule has 0 bridgehead atoms. The van der Waals surface area contributed by atoms with E-state index in [9.17, 15) is 5.11 Å². The largest absolute Gasteiger partial charge is 0.389 e. The molecule has 0 amide bonds. The van der Waals surface area contributed by atoms with Gasteiger partial charge in [-0.1, -0.05) is 31.2 Å². The molecule has 94 valence electrons. The van der Waals surface area contributed by atoms with Gasteiger partial charge in [-0.05, 0) is 43.9 Å². The molecule has 0 aliphatic carbocycles. The fourth-order valence-electron chi connectivity index (χ4n) is 2.60. The van der Waals surface area contributed by atoms with Crippen molar-refractivity contribution >= 4 is 0 Å². The highest BCUT2D eigenvalue weighted by Crippen LogP contribution is 2.21. The van der Waals surface area contributed by atoms with E-state index in [2.05, 4.69) is 36.1 Å². The maximum atomic E-state index is 10.1. The number of hydrogen-bond donors (Lipinski definition) is 1. The van der Waals surface area contributed by atoms with Gasteiger partial charge in [0.2, 0.25) is 0 Å². The van der Waals surface area contributed by atoms with Crippen LogP contribution in [0.3, 0.4) is 0 Å². The lowest BCUT2D eigenvalue weighted by Crippen LogP contribution is -2.45. The molecule has 1 fully saturated rings. The third kappa shape index (κ3) is 3.55. The minimum atomic E-state index is -0.498. The molecule has 1 unspecified atom stereocenters. The number of hydrogen-bond acceptors (Lipinski definition) is 2. The molecule has 1 N–H and O–H groups in total. The Morgan fingerprint density at radius 2 is 1.88 bits per heavy atom. The number of rotatable bonds is 3. The third-order valence-electron chi connectivity index (χ3n) is 3.59. The molecule has 0 spiro atoms. The Morgan fingerprint density at radius 1 is 1.24 bits per heavy atom. The summed E-state index contributed by atoms with van der Waals surface area (Å²) in [5.74, 6) is 0. The average molecular weight is 233 g/mol. The summed E-state index contributed by atoms with van der Waals surface area (Å²) in [6, 6.07) is 8.83. The summed E-state index contributed by atoms with van der Waals surface area (Å²) < 4.78 is 0. The van der Waals surface area contributed by atoms with Gasteiger partial charge in [-0.3, -0.25) is 4.90 Å². The first-order chi connectivity index (χ1) is 8.09. The van der Waals surface area contributed by atoms with Gasteiger partial charge < -0.3 is 5.11 Å². The Bertz CT molecular complexity index is 356. The molecule has 1 aromatic carbocycles. The van der Waals surface area contributed by atoms with Crippen LogP contribution in [0, 0.1) is 0 Å². The Kier molecular flexibility index (Phi) is 3.85. The van der Waals surface area contributed by atoms with Crippen LogP contribution in [0.15, 0.2) is 24.3 Å². The van der Waals surface area contributed by atoms with Gasteiger partial charge in [0.1, 0.15) is 0 Å². The maximum absolute atomic E-state index is 10.1. The number of benzene rings is 1. The number of aryl methyl sites for hydroxylation is 1. The molecule has 1 aromatic rings. The van der Waals surface area contributed by atoms with Crippen molar-refractivity contribution in [3.05, 3.63) is 35.4 Å². The van der Waals surface area contributed by atoms with Gasteiger partial charge in [-0.25, -0.2) is 0 Å². The van der Waals surface area contributed by atoms with Crippen molar-refractivity contribution in [3.8, 4) is 0 Å². The molecule has 1 aliphatic heterocycles. The number of likely N-dealkylation sites (tertiary alicyclic amines) is 1. The van der Waals surface area contributed by atoms with E-state index in [0.717, 1.165) is 38.9 Å². The zero-order valence-electron chi connectivity index (χ0n) is 10.9. The van der Waals surface area contributed by atoms with E-state index >= 15 is 0 Å². The van der Waals surface area contributed by atoms with Gasteiger partial charge in [0.05, 0.1) is 5.60 Å². The van der Waals surface area contributed by atoms with Crippen LogP contribution in [0.2, 0.25) is 0 Å². The molecule has 1 atom stereocenters. The molecule has 2 nitrogen and oxygen atoms in total. The zero-order chi connectivity index (χ0) is 12.3. The smallest absolute Gasteiger partial charge is 0.0746 e. The molecule has 2 rings (SSSR count). The van der Waals surface area contributed by atoms with E-state index in [-0.39, 0.29) is 0 Å². The van der Waals surface area contributed by atoms with Crippen molar-refractivity contribution in [2.45, 2.75) is 45.3 Å². The van der Waals surface area contributed by atoms with Crippen molar-refractivity contribution in [2.75, 3.05) is 13.1 Å². The van der Waals surface area contributed by atoms with Gasteiger partial charge in [0.15, 0.2) is 0 Å². The van der Waals surface area contributed by atoms with Crippen molar-refractivity contribution in [3.63, 3.8) is 0 Å². The topological polar surface area (TPSA) is 23.5 Å². The summed E-state index contributed by atoms with van der Waals surface area (Å²) in [6.45, 7) is 6.98. The van der Waals surface area contributed by atoms with Gasteiger partial charge >= 0.3 is 0 Å². The second-order valence-corrected chi connectivity index (χ2v) is 5.48. The number of nitrogens with zero attached hydrogens (tertiary/aromatic N) is 1. The van der Waals surface area contributed by atoms with Crippen LogP contribution in [0.5, 0.6) is 0 Å². The highest BCUT2D eigenvalue weighted by Gasteiger charge is 2.27. The van der Waals surface area contributed by atoms with Crippen molar-refractivity contribution < 1.29 is 5.11 Å². The Labute approximate surface area is 104 Å². The second kappa shape index (κ2) is 5.19. The predicted octanol–water partition coefficient (Wildman–Crippen LogP) is 2.60. The fraction of sp³-hybridized carbons (Fsp3) is 0.600. The molecular formula is C15H23NO. The first-order valence-corrected chi connectivity index (χ1v) is 6.61. The lowest BCUT2D eigenvalue weighted by molar-refractivity contribution is -0.0181. The van der Waals surface area contributed by atoms with Crippen LogP contribution < -0.4 is 0 Å². The molecule has 1 aliphatic rings. The molecule has 0 radical (unpaired) electrons. The zero-order valence-corrected chi connectivity index (χ0v) is 10.9. The molecule has 1 saturated heterocycles. The fourth-order valence-corrected chi connectivity index (χ4v) is 2.60. The van der Waals surface area contributed by atoms with E-state index in [1.165, 1.54) is 11.1 Å². The molecular weight excluding hydrogens is 210 g/mol. The van der Waals surface area contributed by atoms with Crippen LogP contribution in [0.4, 0.5) is 0 Å². The Hall–Kier alpha value is -0.860. The highest BCUT2D eigenvalue weighted by atomic mass is 16.3. The van der Waals surface area contributed by atoms with Gasteiger partial charge in [-0.15, -0.1) is 0 Å². The standard InChI is InChI=1S/C15H23NO/c1-3-13-5-7-14(8-6-13)11-16-10-4-9-15(2,17)12-16/h5-8,17H,3-4,9-12H2,1-2H3. The quantitative estimate of drug-likeness (QED) is 0.867. The van der Waals surface area contributed by atoms with E-state index < -0.39 is 5.60 Å². The summed E-state index contributed by atoms with van der Waals surface area (Å²) in [5, 5.41) is 10.1. The monoisotopic (exact) mass is 233 g/mol.